The smallest absolute Gasteiger partial charge is 0.408 e. The Balaban J connectivity index is 1.23. The van der Waals surface area contributed by atoms with Gasteiger partial charge in [-0.2, -0.15) is 0 Å². The second-order valence-corrected chi connectivity index (χ2v) is 20.3. The Morgan fingerprint density at radius 3 is 2.48 bits per heavy atom. The fourth-order valence-electron chi connectivity index (χ4n) is 8.86. The summed E-state index contributed by atoms with van der Waals surface area (Å²) in [6, 6.07) is 5.48. The number of amides is 4. The molecule has 5 aliphatic rings. The van der Waals surface area contributed by atoms with Crippen LogP contribution in [0, 0.1) is 17.8 Å². The minimum absolute atomic E-state index is 0.00656. The highest BCUT2D eigenvalue weighted by Gasteiger charge is 2.64. The Bertz CT molecular complexity index is 2100. The van der Waals surface area contributed by atoms with Crippen molar-refractivity contribution >= 4 is 50.3 Å². The molecule has 15 nitrogen and oxygen atoms in total. The molecular formula is C43H59FN6O9S. The van der Waals surface area contributed by atoms with Crippen LogP contribution in [0.15, 0.2) is 42.6 Å². The molecule has 7 atom stereocenters. The summed E-state index contributed by atoms with van der Waals surface area (Å²) < 4.78 is 58.7. The molecule has 3 N–H and O–H groups in total. The number of benzene rings is 1. The molecule has 17 heteroatoms. The number of sulfonamides is 1. The summed E-state index contributed by atoms with van der Waals surface area (Å²) in [6.45, 7) is 10.7. The molecule has 0 bridgehead atoms. The largest absolute Gasteiger partial charge is 0.472 e. The van der Waals surface area contributed by atoms with Gasteiger partial charge in [0, 0.05) is 36.2 Å². The third-order valence-electron chi connectivity index (χ3n) is 12.7. The first-order chi connectivity index (χ1) is 28.5. The van der Waals surface area contributed by atoms with Crippen molar-refractivity contribution in [2.24, 2.45) is 17.8 Å². The number of allylic oxidation sites excluding steroid dienone is 1. The number of fused-ring (bicyclic) bond motifs is 3. The molecule has 7 rings (SSSR count). The van der Waals surface area contributed by atoms with Gasteiger partial charge in [-0.05, 0) is 77.2 Å². The third-order valence-corrected chi connectivity index (χ3v) is 14.8. The molecule has 2 aromatic rings. The summed E-state index contributed by atoms with van der Waals surface area (Å²) in [4.78, 5) is 65.5. The van der Waals surface area contributed by atoms with Gasteiger partial charge in [0.1, 0.15) is 40.7 Å². The number of alkyl halides is 1. The van der Waals surface area contributed by atoms with E-state index >= 15 is 4.79 Å². The van der Waals surface area contributed by atoms with Gasteiger partial charge in [-0.15, -0.1) is 0 Å². The van der Waals surface area contributed by atoms with Crippen molar-refractivity contribution in [3.05, 3.63) is 42.6 Å². The highest BCUT2D eigenvalue weighted by atomic mass is 32.2. The van der Waals surface area contributed by atoms with Crippen LogP contribution in [0.1, 0.15) is 86.0 Å². The predicted molar refractivity (Wildman–Crippen MR) is 222 cm³/mol. The van der Waals surface area contributed by atoms with Crippen LogP contribution in [0.2, 0.25) is 0 Å². The highest BCUT2D eigenvalue weighted by Crippen LogP contribution is 2.48. The molecule has 2 saturated heterocycles. The average molecular weight is 855 g/mol. The number of hydrogen-bond acceptors (Lipinski definition) is 11. The van der Waals surface area contributed by atoms with E-state index in [1.54, 1.807) is 27.0 Å². The fraction of sp³-hybridized carbons (Fsp3) is 0.651. The number of anilines is 1. The zero-order chi connectivity index (χ0) is 43.0. The number of nitrogens with one attached hydrogen (secondary N) is 3. The lowest BCUT2D eigenvalue weighted by Gasteiger charge is -2.34. The molecule has 2 saturated carbocycles. The van der Waals surface area contributed by atoms with Crippen LogP contribution in [-0.4, -0.2) is 116 Å². The fourth-order valence-corrected chi connectivity index (χ4v) is 10.3. The van der Waals surface area contributed by atoms with Crippen LogP contribution >= 0.6 is 0 Å². The van der Waals surface area contributed by atoms with E-state index in [2.05, 4.69) is 27.2 Å². The first-order valence-electron chi connectivity index (χ1n) is 21.3. The number of carbonyl (C=O) groups is 4. The molecule has 328 valence electrons. The van der Waals surface area contributed by atoms with Crippen LogP contribution in [-0.2, 0) is 33.9 Å². The maximum atomic E-state index is 15.0. The molecule has 3 aliphatic heterocycles. The van der Waals surface area contributed by atoms with Gasteiger partial charge in [-0.1, -0.05) is 50.6 Å². The summed E-state index contributed by atoms with van der Waals surface area (Å²) in [5.74, 6) is -2.56. The minimum Gasteiger partial charge on any atom is -0.472 e. The van der Waals surface area contributed by atoms with E-state index in [-0.39, 0.29) is 44.1 Å². The molecule has 7 unspecified atom stereocenters. The number of morpholine rings is 1. The predicted octanol–water partition coefficient (Wildman–Crippen LogP) is 4.54. The van der Waals surface area contributed by atoms with Crippen molar-refractivity contribution in [1.29, 1.82) is 0 Å². The van der Waals surface area contributed by atoms with E-state index in [1.807, 2.05) is 43.3 Å². The molecule has 0 spiro atoms. The lowest BCUT2D eigenvalue weighted by atomic mass is 9.85. The van der Waals surface area contributed by atoms with Gasteiger partial charge in [0.05, 0.1) is 31.6 Å². The number of aromatic nitrogens is 1. The molecule has 2 aliphatic carbocycles. The first-order valence-corrected chi connectivity index (χ1v) is 22.8. The first kappa shape index (κ1) is 43.6. The van der Waals surface area contributed by atoms with E-state index in [1.165, 1.54) is 4.90 Å². The van der Waals surface area contributed by atoms with Crippen molar-refractivity contribution in [1.82, 2.24) is 25.2 Å². The molecule has 1 aromatic carbocycles. The Hall–Kier alpha value is -4.51. The van der Waals surface area contributed by atoms with Crippen LogP contribution in [0.3, 0.4) is 0 Å². The van der Waals surface area contributed by atoms with Crippen molar-refractivity contribution in [2.75, 3.05) is 44.4 Å². The number of ether oxygens (including phenoxy) is 3. The van der Waals surface area contributed by atoms with Crippen molar-refractivity contribution in [3.63, 3.8) is 0 Å². The summed E-state index contributed by atoms with van der Waals surface area (Å²) in [7, 11) is -4.39. The standard InChI is InChI=1S/C43H59FN6O9S/c1-6-28-21-27(2)11-7-8-12-29-23-43(29,39(53)48-60(55,56)42(26-44)15-16-42)47-36(51)33-22-30(25-50(33)38(52)35(28)46-40(54)59-41(3,4)5)58-37-32-14-10-9-13-31(32)34(24-45-37)49-17-19-57-20-18-49/h8-10,12-14,24,27-30,33,35H,6-7,11,15-23,25-26H2,1-5H3,(H,46,54)(H,47,51)(H,48,53). The average Bonchev–Trinajstić information content (AvgIpc) is 4.12. The van der Waals surface area contributed by atoms with E-state index in [4.69, 9.17) is 19.2 Å². The molecule has 4 fully saturated rings. The molecule has 4 heterocycles. The van der Waals surface area contributed by atoms with Crippen LogP contribution in [0.4, 0.5) is 14.9 Å². The summed E-state index contributed by atoms with van der Waals surface area (Å²) in [5, 5.41) is 7.39. The number of alkyl carbamates (subject to hydrolysis) is 1. The maximum absolute atomic E-state index is 15.0. The van der Waals surface area contributed by atoms with Gasteiger partial charge < -0.3 is 34.6 Å². The van der Waals surface area contributed by atoms with Gasteiger partial charge in [-0.3, -0.25) is 19.1 Å². The van der Waals surface area contributed by atoms with E-state index in [0.29, 0.717) is 51.4 Å². The van der Waals surface area contributed by atoms with Crippen LogP contribution in [0.25, 0.3) is 10.8 Å². The van der Waals surface area contributed by atoms with Gasteiger partial charge in [0.25, 0.3) is 5.91 Å². The van der Waals surface area contributed by atoms with Crippen LogP contribution < -0.4 is 25.0 Å². The Kier molecular flexibility index (Phi) is 12.4. The van der Waals surface area contributed by atoms with Gasteiger partial charge in [0.2, 0.25) is 27.7 Å². The number of rotatable bonds is 9. The normalized spacial score (nSPS) is 29.6. The summed E-state index contributed by atoms with van der Waals surface area (Å²) in [5.41, 5.74) is -1.56. The van der Waals surface area contributed by atoms with Gasteiger partial charge in [0.15, 0.2) is 0 Å². The van der Waals surface area contributed by atoms with Crippen molar-refractivity contribution < 1.29 is 46.2 Å². The monoisotopic (exact) mass is 854 g/mol. The molecule has 60 heavy (non-hydrogen) atoms. The molecule has 0 radical (unpaired) electrons. The molecule has 1 aromatic heterocycles. The Morgan fingerprint density at radius 2 is 1.82 bits per heavy atom. The van der Waals surface area contributed by atoms with E-state index in [9.17, 15) is 27.2 Å². The quantitative estimate of drug-likeness (QED) is 0.301. The molecular weight excluding hydrogens is 796 g/mol. The van der Waals surface area contributed by atoms with Gasteiger partial charge >= 0.3 is 6.09 Å². The number of pyridine rings is 1. The summed E-state index contributed by atoms with van der Waals surface area (Å²) in [6.07, 6.45) is 6.80. The van der Waals surface area contributed by atoms with Crippen molar-refractivity contribution in [2.45, 2.75) is 120 Å². The second kappa shape index (κ2) is 17.1. The number of hydrogen-bond donors (Lipinski definition) is 3. The highest BCUT2D eigenvalue weighted by molar-refractivity contribution is 7.91. The van der Waals surface area contributed by atoms with Gasteiger partial charge in [-0.25, -0.2) is 22.6 Å². The molecule has 4 amide bonds. The lowest BCUT2D eigenvalue weighted by molar-refractivity contribution is -0.142. The summed E-state index contributed by atoms with van der Waals surface area (Å²) >= 11 is 0. The second-order valence-electron chi connectivity index (χ2n) is 18.2. The SMILES string of the molecule is CCC1CC(C)CCC=CC2CC2(C(=O)NS(=O)(=O)C2(CF)CC2)NC(=O)C2CC(Oc3ncc(N4CCOCC4)c4ccccc34)CN2C(=O)C1NC(=O)OC(C)(C)C. The lowest BCUT2D eigenvalue weighted by Crippen LogP contribution is -2.59. The topological polar surface area (TPSA) is 186 Å². The maximum Gasteiger partial charge on any atom is 0.408 e. The van der Waals surface area contributed by atoms with E-state index < -0.39 is 80.5 Å². The minimum atomic E-state index is -4.39. The zero-order valence-electron chi connectivity index (χ0n) is 35.2. The Labute approximate surface area is 351 Å². The zero-order valence-corrected chi connectivity index (χ0v) is 36.0. The number of carbonyl (C=O) groups excluding carboxylic acids is 4. The Morgan fingerprint density at radius 1 is 1.10 bits per heavy atom. The van der Waals surface area contributed by atoms with Crippen LogP contribution in [0.5, 0.6) is 5.88 Å². The number of nitrogens with zero attached hydrogens (tertiary/aromatic N) is 3. The third kappa shape index (κ3) is 9.07. The van der Waals surface area contributed by atoms with E-state index in [0.717, 1.165) is 22.9 Å². The number of halogens is 1. The van der Waals surface area contributed by atoms with Crippen molar-refractivity contribution in [3.8, 4) is 5.88 Å².